The van der Waals surface area contributed by atoms with E-state index in [1.165, 1.54) is 36.4 Å². The molecular formula is C21H18F2O7. The average molecular weight is 420 g/mol. The number of hydrogen-bond donors (Lipinski definition) is 1. The van der Waals surface area contributed by atoms with Crippen LogP contribution in [0.15, 0.2) is 60.7 Å². The van der Waals surface area contributed by atoms with E-state index in [0.29, 0.717) is 6.92 Å². The van der Waals surface area contributed by atoms with E-state index in [4.69, 9.17) is 14.2 Å². The molecule has 3 rings (SSSR count). The van der Waals surface area contributed by atoms with Crippen molar-refractivity contribution in [2.75, 3.05) is 6.61 Å². The molecule has 0 aromatic heterocycles. The Morgan fingerprint density at radius 3 is 1.97 bits per heavy atom. The number of halogens is 2. The molecule has 7 nitrogen and oxygen atoms in total. The SMILES string of the molecule is CC(=O)[C@]1(O)O[C@H](COC(=O)c2ccccc2)[C@@H](OC(=O)c2ccccc2)C1(F)F. The molecule has 30 heavy (non-hydrogen) atoms. The molecule has 0 saturated carbocycles. The summed E-state index contributed by atoms with van der Waals surface area (Å²) in [6, 6.07) is 15.0. The fraction of sp³-hybridized carbons (Fsp3) is 0.286. The molecule has 0 aliphatic carbocycles. The summed E-state index contributed by atoms with van der Waals surface area (Å²) in [5, 5.41) is 10.1. The van der Waals surface area contributed by atoms with Crippen molar-refractivity contribution in [2.24, 2.45) is 0 Å². The number of rotatable bonds is 6. The standard InChI is InChI=1S/C21H18F2O7/c1-13(24)21(27)20(22,23)17(29-19(26)15-10-6-3-7-11-15)16(30-21)12-28-18(25)14-8-4-2-5-9-14/h2-11,16-17,27H,12H2,1H3/t16-,17-,21+/m1/s1. The van der Waals surface area contributed by atoms with Crippen LogP contribution in [0.4, 0.5) is 8.78 Å². The minimum atomic E-state index is -4.28. The highest BCUT2D eigenvalue weighted by Crippen LogP contribution is 2.45. The molecule has 1 aliphatic heterocycles. The van der Waals surface area contributed by atoms with E-state index in [2.05, 4.69) is 0 Å². The van der Waals surface area contributed by atoms with Gasteiger partial charge in [-0.1, -0.05) is 36.4 Å². The summed E-state index contributed by atoms with van der Waals surface area (Å²) < 4.78 is 44.5. The maximum absolute atomic E-state index is 14.9. The van der Waals surface area contributed by atoms with Gasteiger partial charge in [-0.25, -0.2) is 9.59 Å². The first-order valence-electron chi connectivity index (χ1n) is 8.94. The number of aliphatic hydroxyl groups is 1. The molecule has 9 heteroatoms. The Balaban J connectivity index is 1.82. The fourth-order valence-corrected chi connectivity index (χ4v) is 2.95. The van der Waals surface area contributed by atoms with Gasteiger partial charge in [0.1, 0.15) is 12.7 Å². The predicted octanol–water partition coefficient (Wildman–Crippen LogP) is 2.38. The average Bonchev–Trinajstić information content (AvgIpc) is 2.94. The minimum Gasteiger partial charge on any atom is -0.459 e. The van der Waals surface area contributed by atoms with Gasteiger partial charge in [0.2, 0.25) is 6.10 Å². The lowest BCUT2D eigenvalue weighted by Crippen LogP contribution is -2.55. The van der Waals surface area contributed by atoms with Crippen LogP contribution in [0.1, 0.15) is 27.6 Å². The van der Waals surface area contributed by atoms with Gasteiger partial charge in [-0.15, -0.1) is 0 Å². The van der Waals surface area contributed by atoms with Gasteiger partial charge in [0, 0.05) is 6.92 Å². The van der Waals surface area contributed by atoms with Crippen molar-refractivity contribution in [1.82, 2.24) is 0 Å². The van der Waals surface area contributed by atoms with Crippen molar-refractivity contribution in [1.29, 1.82) is 0 Å². The maximum Gasteiger partial charge on any atom is 0.346 e. The van der Waals surface area contributed by atoms with Crippen LogP contribution in [-0.2, 0) is 19.0 Å². The van der Waals surface area contributed by atoms with Gasteiger partial charge < -0.3 is 19.3 Å². The largest absolute Gasteiger partial charge is 0.459 e. The van der Waals surface area contributed by atoms with Gasteiger partial charge in [0.25, 0.3) is 5.79 Å². The highest BCUT2D eigenvalue weighted by atomic mass is 19.3. The van der Waals surface area contributed by atoms with Gasteiger partial charge in [-0.05, 0) is 24.3 Å². The fourth-order valence-electron chi connectivity index (χ4n) is 2.95. The Morgan fingerprint density at radius 1 is 0.967 bits per heavy atom. The number of Topliss-reactive ketones (excluding diaryl/α,β-unsaturated/α-hetero) is 1. The third-order valence-electron chi connectivity index (χ3n) is 4.58. The smallest absolute Gasteiger partial charge is 0.346 e. The number of carbonyl (C=O) groups excluding carboxylic acids is 3. The van der Waals surface area contributed by atoms with Crippen LogP contribution in [0.25, 0.3) is 0 Å². The lowest BCUT2D eigenvalue weighted by molar-refractivity contribution is -0.267. The van der Waals surface area contributed by atoms with Gasteiger partial charge in [-0.2, -0.15) is 8.78 Å². The molecule has 2 aromatic rings. The molecule has 0 radical (unpaired) electrons. The van der Waals surface area contributed by atoms with Crippen LogP contribution >= 0.6 is 0 Å². The quantitative estimate of drug-likeness (QED) is 0.717. The minimum absolute atomic E-state index is 0.0217. The Hall–Kier alpha value is -3.17. The number of carbonyl (C=O) groups is 3. The van der Waals surface area contributed by atoms with Crippen LogP contribution in [0, 0.1) is 0 Å². The van der Waals surface area contributed by atoms with Gasteiger partial charge in [-0.3, -0.25) is 4.79 Å². The number of benzene rings is 2. The lowest BCUT2D eigenvalue weighted by Gasteiger charge is -2.27. The molecule has 0 unspecified atom stereocenters. The molecule has 0 bridgehead atoms. The van der Waals surface area contributed by atoms with Crippen molar-refractivity contribution in [3.8, 4) is 0 Å². The first kappa shape index (κ1) is 21.5. The highest BCUT2D eigenvalue weighted by Gasteiger charge is 2.73. The summed E-state index contributed by atoms with van der Waals surface area (Å²) in [4.78, 5) is 36.1. The molecule has 1 N–H and O–H groups in total. The van der Waals surface area contributed by atoms with E-state index in [1.54, 1.807) is 24.3 Å². The van der Waals surface area contributed by atoms with Crippen molar-refractivity contribution in [2.45, 2.75) is 30.8 Å². The van der Waals surface area contributed by atoms with E-state index in [1.807, 2.05) is 0 Å². The Labute approximate surface area is 170 Å². The number of ether oxygens (including phenoxy) is 3. The molecule has 0 spiro atoms. The summed E-state index contributed by atoms with van der Waals surface area (Å²) in [6.45, 7) is -0.0754. The van der Waals surface area contributed by atoms with E-state index in [9.17, 15) is 28.3 Å². The van der Waals surface area contributed by atoms with Crippen LogP contribution < -0.4 is 0 Å². The van der Waals surface area contributed by atoms with Crippen molar-refractivity contribution in [3.05, 3.63) is 71.8 Å². The van der Waals surface area contributed by atoms with E-state index >= 15 is 0 Å². The van der Waals surface area contributed by atoms with Gasteiger partial charge in [0.15, 0.2) is 5.78 Å². The summed E-state index contributed by atoms with van der Waals surface area (Å²) >= 11 is 0. The second-order valence-corrected chi connectivity index (χ2v) is 6.64. The third kappa shape index (κ3) is 3.94. The second kappa shape index (κ2) is 8.29. The molecule has 2 aromatic carbocycles. The number of hydrogen-bond acceptors (Lipinski definition) is 7. The normalized spacial score (nSPS) is 24.8. The highest BCUT2D eigenvalue weighted by molar-refractivity contribution is 5.90. The number of ketones is 1. The Bertz CT molecular complexity index is 933. The van der Waals surface area contributed by atoms with Crippen LogP contribution in [-0.4, -0.2) is 53.4 Å². The zero-order valence-corrected chi connectivity index (χ0v) is 15.8. The van der Waals surface area contributed by atoms with E-state index < -0.39 is 48.2 Å². The van der Waals surface area contributed by atoms with Crippen molar-refractivity contribution in [3.63, 3.8) is 0 Å². The summed E-state index contributed by atoms with van der Waals surface area (Å²) in [5.41, 5.74) is 0.133. The number of esters is 2. The van der Waals surface area contributed by atoms with E-state index in [-0.39, 0.29) is 11.1 Å². The molecule has 3 atom stereocenters. The van der Waals surface area contributed by atoms with Crippen molar-refractivity contribution < 1.29 is 42.5 Å². The van der Waals surface area contributed by atoms with Gasteiger partial charge in [0.05, 0.1) is 11.1 Å². The topological polar surface area (TPSA) is 99.1 Å². The van der Waals surface area contributed by atoms with Crippen LogP contribution in [0.5, 0.6) is 0 Å². The summed E-state index contributed by atoms with van der Waals surface area (Å²) in [6.07, 6.45) is -4.16. The monoisotopic (exact) mass is 420 g/mol. The predicted molar refractivity (Wildman–Crippen MR) is 97.8 cm³/mol. The second-order valence-electron chi connectivity index (χ2n) is 6.64. The molecule has 1 saturated heterocycles. The molecular weight excluding hydrogens is 402 g/mol. The van der Waals surface area contributed by atoms with Gasteiger partial charge >= 0.3 is 17.9 Å². The Morgan fingerprint density at radius 2 is 1.47 bits per heavy atom. The first-order chi connectivity index (χ1) is 14.2. The summed E-state index contributed by atoms with van der Waals surface area (Å²) in [5.74, 6) is -11.2. The molecule has 0 amide bonds. The van der Waals surface area contributed by atoms with Crippen LogP contribution in [0.3, 0.4) is 0 Å². The number of alkyl halides is 2. The molecule has 1 aliphatic rings. The molecule has 1 fully saturated rings. The Kier molecular flexibility index (Phi) is 5.95. The maximum atomic E-state index is 14.9. The summed E-state index contributed by atoms with van der Waals surface area (Å²) in [7, 11) is 0. The first-order valence-corrected chi connectivity index (χ1v) is 8.94. The lowest BCUT2D eigenvalue weighted by atomic mass is 10.0. The zero-order chi connectivity index (χ0) is 21.9. The third-order valence-corrected chi connectivity index (χ3v) is 4.58. The molecule has 1 heterocycles. The van der Waals surface area contributed by atoms with Crippen molar-refractivity contribution >= 4 is 17.7 Å². The molecule has 158 valence electrons. The van der Waals surface area contributed by atoms with Crippen LogP contribution in [0.2, 0.25) is 0 Å². The van der Waals surface area contributed by atoms with E-state index in [0.717, 1.165) is 0 Å². The zero-order valence-electron chi connectivity index (χ0n) is 15.8.